The number of aromatic nitrogens is 2. The van der Waals surface area contributed by atoms with Crippen molar-refractivity contribution < 1.29 is 22.5 Å². The topological polar surface area (TPSA) is 109 Å². The molecule has 8 nitrogen and oxygen atoms in total. The van der Waals surface area contributed by atoms with Crippen molar-refractivity contribution in [3.8, 4) is 0 Å². The molecule has 0 unspecified atom stereocenters. The van der Waals surface area contributed by atoms with Crippen molar-refractivity contribution in [2.24, 2.45) is 14.1 Å². The van der Waals surface area contributed by atoms with Gasteiger partial charge in [0.2, 0.25) is 0 Å². The molecule has 188 valence electrons. The third-order valence-corrected chi connectivity index (χ3v) is 7.04. The van der Waals surface area contributed by atoms with E-state index in [9.17, 15) is 23.1 Å². The molecule has 0 spiro atoms. The van der Waals surface area contributed by atoms with Gasteiger partial charge in [-0.1, -0.05) is 42.5 Å². The quantitative estimate of drug-likeness (QED) is 0.143. The van der Waals surface area contributed by atoms with Crippen LogP contribution in [-0.2, 0) is 24.2 Å². The van der Waals surface area contributed by atoms with E-state index in [1.807, 2.05) is 11.6 Å². The molecule has 0 aliphatic rings. The Labute approximate surface area is 214 Å². The molecular weight excluding hydrogens is 490 g/mol. The molecule has 0 aliphatic heterocycles. The molecule has 3 aromatic carbocycles. The molecule has 2 aromatic heterocycles. The number of aryl methyl sites for hydroxylation is 3. The second-order valence-electron chi connectivity index (χ2n) is 8.64. The van der Waals surface area contributed by atoms with Crippen LogP contribution in [0.15, 0.2) is 90.1 Å². The van der Waals surface area contributed by atoms with E-state index < -0.39 is 25.6 Å². The van der Waals surface area contributed by atoms with Gasteiger partial charge < -0.3 is 9.12 Å². The number of pyridine rings is 1. The number of nitro benzene ring substituents is 1. The highest BCUT2D eigenvalue weighted by Gasteiger charge is 2.12. The maximum Gasteiger partial charge on any atom is 0.270 e. The minimum absolute atomic E-state index is 0.200. The van der Waals surface area contributed by atoms with Crippen LogP contribution < -0.4 is 4.57 Å². The summed E-state index contributed by atoms with van der Waals surface area (Å²) in [6.45, 7) is 1.40. The van der Waals surface area contributed by atoms with Crippen molar-refractivity contribution in [2.75, 3.05) is 0 Å². The average molecular weight is 516 g/mol. The Morgan fingerprint density at radius 2 is 1.51 bits per heavy atom. The molecule has 9 heteroatoms. The number of hydrogen-bond acceptors (Lipinski definition) is 5. The number of benzene rings is 3. The van der Waals surface area contributed by atoms with Crippen LogP contribution in [0.2, 0.25) is 0 Å². The van der Waals surface area contributed by atoms with E-state index in [0.29, 0.717) is 0 Å². The SMILES string of the molecule is Cc1ccc([N+](=O)[O-])cc1S(=O)(=O)[O-].Cn1c2ccccc2c2cc(/C=C/c3cc[n+](C)cc3)ccc21. The van der Waals surface area contributed by atoms with Gasteiger partial charge in [0.25, 0.3) is 5.69 Å². The Bertz CT molecular complexity index is 1750. The summed E-state index contributed by atoms with van der Waals surface area (Å²) in [5.41, 5.74) is 4.77. The Morgan fingerprint density at radius 1 is 0.865 bits per heavy atom. The molecule has 0 amide bonds. The minimum atomic E-state index is -4.64. The number of rotatable bonds is 4. The van der Waals surface area contributed by atoms with Crippen molar-refractivity contribution in [3.63, 3.8) is 0 Å². The zero-order chi connectivity index (χ0) is 26.7. The van der Waals surface area contributed by atoms with E-state index in [1.54, 1.807) is 0 Å². The van der Waals surface area contributed by atoms with Crippen molar-refractivity contribution in [1.82, 2.24) is 4.57 Å². The second kappa shape index (κ2) is 10.3. The smallest absolute Gasteiger partial charge is 0.270 e. The zero-order valence-electron chi connectivity index (χ0n) is 20.5. The molecule has 5 aromatic rings. The molecule has 0 saturated heterocycles. The van der Waals surface area contributed by atoms with Gasteiger partial charge in [0.15, 0.2) is 12.4 Å². The van der Waals surface area contributed by atoms with Crippen LogP contribution in [0.5, 0.6) is 0 Å². The lowest BCUT2D eigenvalue weighted by Gasteiger charge is -2.09. The summed E-state index contributed by atoms with van der Waals surface area (Å²) in [7, 11) is -0.485. The lowest BCUT2D eigenvalue weighted by Crippen LogP contribution is -2.25. The first kappa shape index (κ1) is 25.7. The molecule has 37 heavy (non-hydrogen) atoms. The summed E-state index contributed by atoms with van der Waals surface area (Å²) in [4.78, 5) is 8.99. The largest absolute Gasteiger partial charge is 0.744 e. The van der Waals surface area contributed by atoms with Crippen LogP contribution in [0, 0.1) is 17.0 Å². The van der Waals surface area contributed by atoms with Gasteiger partial charge in [-0.05, 0) is 41.8 Å². The summed E-state index contributed by atoms with van der Waals surface area (Å²) >= 11 is 0. The summed E-state index contributed by atoms with van der Waals surface area (Å²) < 4.78 is 36.3. The van der Waals surface area contributed by atoms with Crippen LogP contribution in [0.1, 0.15) is 16.7 Å². The number of non-ortho nitro benzene ring substituents is 1. The van der Waals surface area contributed by atoms with Crippen LogP contribution >= 0.6 is 0 Å². The molecule has 0 fully saturated rings. The first-order valence-electron chi connectivity index (χ1n) is 11.4. The van der Waals surface area contributed by atoms with Gasteiger partial charge in [0.1, 0.15) is 17.2 Å². The Kier molecular flexibility index (Phi) is 7.19. The van der Waals surface area contributed by atoms with Crippen molar-refractivity contribution in [1.29, 1.82) is 0 Å². The van der Waals surface area contributed by atoms with E-state index >= 15 is 0 Å². The third kappa shape index (κ3) is 5.74. The molecule has 0 bridgehead atoms. The van der Waals surface area contributed by atoms with Gasteiger partial charge >= 0.3 is 0 Å². The van der Waals surface area contributed by atoms with Crippen LogP contribution in [0.25, 0.3) is 34.0 Å². The lowest BCUT2D eigenvalue weighted by molar-refractivity contribution is -0.671. The first-order valence-corrected chi connectivity index (χ1v) is 12.8. The molecule has 0 saturated carbocycles. The highest BCUT2D eigenvalue weighted by molar-refractivity contribution is 7.85. The zero-order valence-corrected chi connectivity index (χ0v) is 21.3. The predicted octanol–water partition coefficient (Wildman–Crippen LogP) is 5.13. The fraction of sp³-hybridized carbons (Fsp3) is 0.107. The normalized spacial score (nSPS) is 11.6. The summed E-state index contributed by atoms with van der Waals surface area (Å²) in [6, 6.07) is 22.6. The van der Waals surface area contributed by atoms with Crippen molar-refractivity contribution in [3.05, 3.63) is 112 Å². The second-order valence-corrected chi connectivity index (χ2v) is 9.99. The molecule has 0 N–H and O–H groups in total. The maximum atomic E-state index is 10.7. The summed E-state index contributed by atoms with van der Waals surface area (Å²) in [5, 5.41) is 12.9. The van der Waals surface area contributed by atoms with Gasteiger partial charge in [0, 0.05) is 53.1 Å². The number of hydrogen-bond donors (Lipinski definition) is 0. The number of nitro groups is 1. The Morgan fingerprint density at radius 3 is 2.19 bits per heavy atom. The van der Waals surface area contributed by atoms with Gasteiger partial charge in [0.05, 0.1) is 9.82 Å². The standard InChI is InChI=1S/C21H19N2.C7H7NO5S/c1-22-13-11-16(12-14-22)7-8-17-9-10-21-19(15-17)18-5-3-4-6-20(18)23(21)2;1-5-2-3-6(8(9)10)4-7(5)14(11,12)13/h3-15H,1-2H3;2-4H,1H3,(H,11,12,13)/q+1;/p-1. The number of fused-ring (bicyclic) bond motifs is 3. The van der Waals surface area contributed by atoms with Gasteiger partial charge in [-0.2, -0.15) is 0 Å². The highest BCUT2D eigenvalue weighted by Crippen LogP contribution is 2.29. The Hall–Kier alpha value is -4.34. The fourth-order valence-corrected chi connectivity index (χ4v) is 4.80. The van der Waals surface area contributed by atoms with Gasteiger partial charge in [-0.15, -0.1) is 0 Å². The maximum absolute atomic E-state index is 10.7. The highest BCUT2D eigenvalue weighted by atomic mass is 32.2. The fourth-order valence-electron chi connectivity index (χ4n) is 4.08. The summed E-state index contributed by atoms with van der Waals surface area (Å²) in [6.07, 6.45) is 8.46. The van der Waals surface area contributed by atoms with E-state index in [1.165, 1.54) is 45.9 Å². The molecule has 2 heterocycles. The van der Waals surface area contributed by atoms with Gasteiger partial charge in [-0.25, -0.2) is 13.0 Å². The van der Waals surface area contributed by atoms with E-state index in [0.717, 1.165) is 12.1 Å². The molecular formula is C28H25N3O5S. The van der Waals surface area contributed by atoms with Crippen molar-refractivity contribution >= 4 is 49.8 Å². The molecule has 0 atom stereocenters. The predicted molar refractivity (Wildman–Crippen MR) is 143 cm³/mol. The van der Waals surface area contributed by atoms with Crippen molar-refractivity contribution in [2.45, 2.75) is 11.8 Å². The first-order chi connectivity index (χ1) is 17.5. The number of para-hydroxylation sites is 1. The average Bonchev–Trinajstić information content (AvgIpc) is 3.15. The Balaban J connectivity index is 0.000000197. The van der Waals surface area contributed by atoms with Gasteiger partial charge in [-0.3, -0.25) is 10.1 Å². The van der Waals surface area contributed by atoms with Crippen LogP contribution in [-0.4, -0.2) is 22.5 Å². The van der Waals surface area contributed by atoms with Crippen LogP contribution in [0.3, 0.4) is 0 Å². The minimum Gasteiger partial charge on any atom is -0.744 e. The van der Waals surface area contributed by atoms with E-state index in [2.05, 4.69) is 90.8 Å². The van der Waals surface area contributed by atoms with E-state index in [-0.39, 0.29) is 5.56 Å². The third-order valence-electron chi connectivity index (χ3n) is 6.06. The van der Waals surface area contributed by atoms with E-state index in [4.69, 9.17) is 0 Å². The molecule has 0 radical (unpaired) electrons. The lowest BCUT2D eigenvalue weighted by atomic mass is 10.1. The summed E-state index contributed by atoms with van der Waals surface area (Å²) in [5.74, 6) is 0. The van der Waals surface area contributed by atoms with Crippen LogP contribution in [0.4, 0.5) is 5.69 Å². The molecule has 0 aliphatic carbocycles. The number of nitrogens with zero attached hydrogens (tertiary/aromatic N) is 3. The monoisotopic (exact) mass is 515 g/mol. The molecule has 5 rings (SSSR count).